The summed E-state index contributed by atoms with van der Waals surface area (Å²) in [5, 5.41) is 0. The monoisotopic (exact) mass is 408 g/mol. The largest absolute Gasteiger partial charge is 0.315 e. The van der Waals surface area contributed by atoms with Gasteiger partial charge in [0.05, 0.1) is 12.2 Å². The van der Waals surface area contributed by atoms with E-state index in [1.54, 1.807) is 11.8 Å². The van der Waals surface area contributed by atoms with Crippen molar-refractivity contribution in [2.45, 2.75) is 45.5 Å². The molecule has 1 fully saturated rings. The van der Waals surface area contributed by atoms with E-state index in [0.717, 1.165) is 28.1 Å². The highest BCUT2D eigenvalue weighted by Gasteiger charge is 2.59. The van der Waals surface area contributed by atoms with Gasteiger partial charge >= 0.3 is 0 Å². The van der Waals surface area contributed by atoms with Gasteiger partial charge in [-0.3, -0.25) is 9.59 Å². The zero-order chi connectivity index (χ0) is 20.8. The highest BCUT2D eigenvalue weighted by Crippen LogP contribution is 2.54. The quantitative estimate of drug-likeness (QED) is 0.741. The van der Waals surface area contributed by atoms with Gasteiger partial charge in [-0.25, -0.2) is 0 Å². The van der Waals surface area contributed by atoms with Crippen molar-refractivity contribution in [2.24, 2.45) is 5.92 Å². The molecule has 2 aromatic rings. The number of hydrogen-bond donors (Lipinski definition) is 0. The number of benzene rings is 2. The molecule has 4 nitrogen and oxygen atoms in total. The first kappa shape index (κ1) is 20.0. The molecular weight excluding hydrogens is 380 g/mol. The van der Waals surface area contributed by atoms with Crippen LogP contribution < -0.4 is 4.90 Å². The van der Waals surface area contributed by atoms with E-state index in [1.807, 2.05) is 42.7 Å². The third-order valence-corrected chi connectivity index (χ3v) is 7.11. The van der Waals surface area contributed by atoms with Gasteiger partial charge in [0.15, 0.2) is 4.87 Å². The van der Waals surface area contributed by atoms with E-state index in [9.17, 15) is 9.59 Å². The topological polar surface area (TPSA) is 40.6 Å². The number of rotatable bonds is 4. The van der Waals surface area contributed by atoms with Crippen LogP contribution >= 0.6 is 11.8 Å². The number of fused-ring (bicyclic) bond motifs is 2. The van der Waals surface area contributed by atoms with Crippen LogP contribution in [-0.4, -0.2) is 29.0 Å². The second-order valence-electron chi connectivity index (χ2n) is 8.53. The summed E-state index contributed by atoms with van der Waals surface area (Å²) in [6, 6.07) is 14.5. The van der Waals surface area contributed by atoms with Crippen molar-refractivity contribution in [2.75, 3.05) is 17.2 Å². The summed E-state index contributed by atoms with van der Waals surface area (Å²) in [6.45, 7) is 9.34. The van der Waals surface area contributed by atoms with Crippen LogP contribution in [0.3, 0.4) is 0 Å². The number of amides is 2. The molecule has 0 saturated carbocycles. The first-order valence-electron chi connectivity index (χ1n) is 10.3. The first-order valence-corrected chi connectivity index (χ1v) is 11.2. The minimum Gasteiger partial charge on any atom is -0.315 e. The van der Waals surface area contributed by atoms with Crippen molar-refractivity contribution in [3.05, 3.63) is 64.7 Å². The van der Waals surface area contributed by atoms with Gasteiger partial charge in [-0.05, 0) is 31.4 Å². The normalized spacial score (nSPS) is 20.8. The molecular formula is C24H28N2O2S. The Morgan fingerprint density at radius 1 is 1.10 bits per heavy atom. The fourth-order valence-corrected chi connectivity index (χ4v) is 5.75. The Balaban J connectivity index is 1.77. The Hall–Kier alpha value is -2.27. The molecule has 5 heteroatoms. The molecule has 2 aliphatic heterocycles. The molecule has 0 unspecified atom stereocenters. The lowest BCUT2D eigenvalue weighted by atomic mass is 10.0. The second kappa shape index (κ2) is 7.52. The van der Waals surface area contributed by atoms with Crippen molar-refractivity contribution < 1.29 is 9.59 Å². The summed E-state index contributed by atoms with van der Waals surface area (Å²) in [6.07, 6.45) is 0.467. The standard InChI is InChI=1S/C24H28N2O2S/c1-16(2)13-22(27)26-11-12-29-24(26)20-14-18(4)7-10-21(20)25(23(24)28)15-19-8-5-17(3)6-9-19/h5-10,14,16H,11-13,15H2,1-4H3/t24-/m1/s1. The minimum absolute atomic E-state index is 0.0123. The van der Waals surface area contributed by atoms with Crippen LogP contribution in [0.25, 0.3) is 0 Å². The third kappa shape index (κ3) is 3.35. The predicted molar refractivity (Wildman–Crippen MR) is 119 cm³/mol. The number of carbonyl (C=O) groups excluding carboxylic acids is 2. The van der Waals surface area contributed by atoms with E-state index in [1.165, 1.54) is 5.56 Å². The molecule has 1 spiro atoms. The number of hydrogen-bond acceptors (Lipinski definition) is 3. The fourth-order valence-electron chi connectivity index (χ4n) is 4.28. The second-order valence-corrected chi connectivity index (χ2v) is 9.82. The molecule has 1 saturated heterocycles. The zero-order valence-electron chi connectivity index (χ0n) is 17.6. The smallest absolute Gasteiger partial charge is 0.268 e. The van der Waals surface area contributed by atoms with Gasteiger partial charge in [-0.1, -0.05) is 61.4 Å². The van der Waals surface area contributed by atoms with Gasteiger partial charge < -0.3 is 9.80 Å². The van der Waals surface area contributed by atoms with Crippen molar-refractivity contribution in [3.63, 3.8) is 0 Å². The Kier molecular flexibility index (Phi) is 5.19. The maximum atomic E-state index is 13.9. The van der Waals surface area contributed by atoms with Crippen LogP contribution in [0, 0.1) is 19.8 Å². The average molecular weight is 409 g/mol. The number of aryl methyl sites for hydroxylation is 2. The summed E-state index contributed by atoms with van der Waals surface area (Å²) in [4.78, 5) is 29.8. The number of thioether (sulfide) groups is 1. The Labute approximate surface area is 177 Å². The molecule has 0 bridgehead atoms. The van der Waals surface area contributed by atoms with E-state index < -0.39 is 4.87 Å². The fraction of sp³-hybridized carbons (Fsp3) is 0.417. The lowest BCUT2D eigenvalue weighted by molar-refractivity contribution is -0.140. The predicted octanol–water partition coefficient (Wildman–Crippen LogP) is 4.62. The van der Waals surface area contributed by atoms with Gasteiger partial charge in [-0.15, -0.1) is 11.8 Å². The number of anilines is 1. The molecule has 2 aliphatic rings. The number of nitrogens with zero attached hydrogens (tertiary/aromatic N) is 2. The summed E-state index contributed by atoms with van der Waals surface area (Å²) >= 11 is 1.61. The SMILES string of the molecule is Cc1ccc(CN2C(=O)[C@]3(SCCN3C(=O)CC(C)C)c3cc(C)ccc32)cc1. The van der Waals surface area contributed by atoms with E-state index in [2.05, 4.69) is 37.3 Å². The van der Waals surface area contributed by atoms with Crippen LogP contribution in [0.5, 0.6) is 0 Å². The Morgan fingerprint density at radius 2 is 1.79 bits per heavy atom. The molecule has 0 radical (unpaired) electrons. The first-order chi connectivity index (χ1) is 13.8. The van der Waals surface area contributed by atoms with Gasteiger partial charge in [-0.2, -0.15) is 0 Å². The van der Waals surface area contributed by atoms with E-state index in [-0.39, 0.29) is 17.7 Å². The molecule has 2 amide bonds. The molecule has 0 aliphatic carbocycles. The maximum Gasteiger partial charge on any atom is 0.268 e. The van der Waals surface area contributed by atoms with Crippen LogP contribution in [0.15, 0.2) is 42.5 Å². The zero-order valence-corrected chi connectivity index (χ0v) is 18.4. The molecule has 29 heavy (non-hydrogen) atoms. The van der Waals surface area contributed by atoms with Crippen LogP contribution in [0.2, 0.25) is 0 Å². The average Bonchev–Trinajstić information content (AvgIpc) is 3.20. The van der Waals surface area contributed by atoms with Crippen molar-refractivity contribution >= 4 is 29.3 Å². The number of carbonyl (C=O) groups is 2. The molecule has 0 N–H and O–H groups in total. The molecule has 0 aromatic heterocycles. The molecule has 152 valence electrons. The van der Waals surface area contributed by atoms with E-state index in [0.29, 0.717) is 19.5 Å². The van der Waals surface area contributed by atoms with Crippen LogP contribution in [0.4, 0.5) is 5.69 Å². The summed E-state index contributed by atoms with van der Waals surface area (Å²) in [7, 11) is 0. The van der Waals surface area contributed by atoms with Crippen molar-refractivity contribution in [1.82, 2.24) is 4.90 Å². The van der Waals surface area contributed by atoms with Gasteiger partial charge in [0, 0.05) is 24.3 Å². The lowest BCUT2D eigenvalue weighted by Crippen LogP contribution is -2.50. The molecule has 4 rings (SSSR count). The summed E-state index contributed by atoms with van der Waals surface area (Å²) in [5.74, 6) is 1.13. The Bertz CT molecular complexity index is 954. The van der Waals surface area contributed by atoms with Crippen molar-refractivity contribution in [1.29, 1.82) is 0 Å². The van der Waals surface area contributed by atoms with Gasteiger partial charge in [0.25, 0.3) is 5.91 Å². The molecule has 2 aromatic carbocycles. The minimum atomic E-state index is -0.919. The Morgan fingerprint density at radius 3 is 2.48 bits per heavy atom. The maximum absolute atomic E-state index is 13.9. The van der Waals surface area contributed by atoms with Gasteiger partial charge in [0.2, 0.25) is 5.91 Å². The third-order valence-electron chi connectivity index (χ3n) is 5.69. The highest BCUT2D eigenvalue weighted by atomic mass is 32.2. The van der Waals surface area contributed by atoms with E-state index in [4.69, 9.17) is 0 Å². The van der Waals surface area contributed by atoms with Crippen LogP contribution in [0.1, 0.15) is 42.5 Å². The summed E-state index contributed by atoms with van der Waals surface area (Å²) in [5.41, 5.74) is 5.30. The highest BCUT2D eigenvalue weighted by molar-refractivity contribution is 8.01. The van der Waals surface area contributed by atoms with Gasteiger partial charge in [0.1, 0.15) is 0 Å². The lowest BCUT2D eigenvalue weighted by Gasteiger charge is -2.33. The molecule has 2 heterocycles. The van der Waals surface area contributed by atoms with Crippen LogP contribution in [-0.2, 0) is 21.0 Å². The molecule has 1 atom stereocenters. The van der Waals surface area contributed by atoms with E-state index >= 15 is 0 Å². The van der Waals surface area contributed by atoms with Crippen molar-refractivity contribution in [3.8, 4) is 0 Å². The summed E-state index contributed by atoms with van der Waals surface area (Å²) < 4.78 is 0.